The Bertz CT molecular complexity index is 2020. The van der Waals surface area contributed by atoms with Crippen LogP contribution in [0.5, 0.6) is 11.5 Å². The van der Waals surface area contributed by atoms with Crippen molar-refractivity contribution in [2.24, 2.45) is 0 Å². The third-order valence-corrected chi connectivity index (χ3v) is 10.7. The SMILES string of the molecule is CC[C@@H](C)NC(=O)[C@@H](Cc1ccccc1)N(Cc1ccc(Cl)cc1Cl)C(=O)CN(c1ccc(Oc2ccccc2)cc1)S(=O)(=O)c1ccccc1. The fourth-order valence-electron chi connectivity index (χ4n) is 5.38. The van der Waals surface area contributed by atoms with Gasteiger partial charge in [0.2, 0.25) is 11.8 Å². The predicted molar refractivity (Wildman–Crippen MR) is 203 cm³/mol. The number of para-hydroxylation sites is 1. The Morgan fingerprint density at radius 2 is 1.37 bits per heavy atom. The van der Waals surface area contributed by atoms with Gasteiger partial charge in [0.25, 0.3) is 10.0 Å². The molecule has 51 heavy (non-hydrogen) atoms. The maximum absolute atomic E-state index is 14.7. The Morgan fingerprint density at radius 1 is 0.784 bits per heavy atom. The number of nitrogens with zero attached hydrogens (tertiary/aromatic N) is 2. The molecular weight excluding hydrogens is 705 g/mol. The summed E-state index contributed by atoms with van der Waals surface area (Å²) in [5, 5.41) is 3.75. The predicted octanol–water partition coefficient (Wildman–Crippen LogP) is 8.54. The molecule has 0 bridgehead atoms. The zero-order chi connectivity index (χ0) is 36.4. The number of sulfonamides is 1. The van der Waals surface area contributed by atoms with Crippen LogP contribution in [0.15, 0.2) is 138 Å². The van der Waals surface area contributed by atoms with Crippen molar-refractivity contribution in [3.05, 3.63) is 155 Å². The van der Waals surface area contributed by atoms with E-state index in [-0.39, 0.29) is 35.5 Å². The van der Waals surface area contributed by atoms with E-state index in [1.807, 2.05) is 74.5 Å². The Balaban J connectivity index is 1.57. The van der Waals surface area contributed by atoms with E-state index in [4.69, 9.17) is 27.9 Å². The van der Waals surface area contributed by atoms with Gasteiger partial charge in [-0.1, -0.05) is 103 Å². The lowest BCUT2D eigenvalue weighted by molar-refractivity contribution is -0.140. The summed E-state index contributed by atoms with van der Waals surface area (Å²) in [6.45, 7) is 3.15. The maximum Gasteiger partial charge on any atom is 0.264 e. The molecule has 0 aromatic heterocycles. The summed E-state index contributed by atoms with van der Waals surface area (Å²) in [6, 6.07) is 36.6. The van der Waals surface area contributed by atoms with Crippen molar-refractivity contribution in [2.45, 2.75) is 50.2 Å². The molecule has 0 saturated heterocycles. The molecule has 0 radical (unpaired) electrons. The van der Waals surface area contributed by atoms with Crippen LogP contribution in [-0.4, -0.2) is 43.8 Å². The van der Waals surface area contributed by atoms with Crippen molar-refractivity contribution in [1.82, 2.24) is 10.2 Å². The van der Waals surface area contributed by atoms with Crippen molar-refractivity contribution >= 4 is 50.7 Å². The fraction of sp³-hybridized carbons (Fsp3) is 0.200. The molecule has 0 spiro atoms. The largest absolute Gasteiger partial charge is 0.457 e. The number of carbonyl (C=O) groups excluding carboxylic acids is 2. The summed E-state index contributed by atoms with van der Waals surface area (Å²) in [4.78, 5) is 30.2. The van der Waals surface area contributed by atoms with Crippen LogP contribution in [0.4, 0.5) is 5.69 Å². The number of anilines is 1. The van der Waals surface area contributed by atoms with E-state index in [9.17, 15) is 18.0 Å². The Hall–Kier alpha value is -4.83. The normalized spacial score (nSPS) is 12.4. The van der Waals surface area contributed by atoms with Gasteiger partial charge in [-0.25, -0.2) is 8.42 Å². The number of hydrogen-bond donors (Lipinski definition) is 1. The molecule has 0 fully saturated rings. The van der Waals surface area contributed by atoms with Crippen molar-refractivity contribution in [1.29, 1.82) is 0 Å². The minimum Gasteiger partial charge on any atom is -0.457 e. The molecule has 0 aliphatic carbocycles. The minimum atomic E-state index is -4.27. The molecule has 0 aliphatic rings. The lowest BCUT2D eigenvalue weighted by Crippen LogP contribution is -2.54. The lowest BCUT2D eigenvalue weighted by Gasteiger charge is -2.34. The van der Waals surface area contributed by atoms with E-state index in [0.717, 1.165) is 9.87 Å². The van der Waals surface area contributed by atoms with Crippen LogP contribution >= 0.6 is 23.2 Å². The standard InChI is InChI=1S/C40H39Cl2N3O5S/c1-3-29(2)43-40(47)38(25-30-13-7-4-8-14-30)44(27-31-19-20-32(41)26-37(31)42)39(46)28-45(51(48,49)36-17-11-6-12-18-36)33-21-23-35(24-22-33)50-34-15-9-5-10-16-34/h4-24,26,29,38H,3,25,27-28H2,1-2H3,(H,43,47)/t29-,38-/m1/s1. The van der Waals surface area contributed by atoms with Crippen molar-refractivity contribution < 1.29 is 22.7 Å². The summed E-state index contributed by atoms with van der Waals surface area (Å²) in [7, 11) is -4.27. The van der Waals surface area contributed by atoms with Gasteiger partial charge in [0.05, 0.1) is 10.6 Å². The molecule has 0 aliphatic heterocycles. The van der Waals surface area contributed by atoms with Gasteiger partial charge in [-0.15, -0.1) is 0 Å². The Labute approximate surface area is 309 Å². The zero-order valence-electron chi connectivity index (χ0n) is 28.3. The molecule has 0 unspecified atom stereocenters. The smallest absolute Gasteiger partial charge is 0.264 e. The number of amides is 2. The van der Waals surface area contributed by atoms with E-state index in [0.29, 0.717) is 33.5 Å². The van der Waals surface area contributed by atoms with Gasteiger partial charge in [0, 0.05) is 29.1 Å². The number of rotatable bonds is 15. The average Bonchev–Trinajstić information content (AvgIpc) is 3.14. The van der Waals surface area contributed by atoms with Crippen LogP contribution in [0, 0.1) is 0 Å². The van der Waals surface area contributed by atoms with Gasteiger partial charge >= 0.3 is 0 Å². The molecule has 264 valence electrons. The molecule has 0 saturated carbocycles. The quantitative estimate of drug-likeness (QED) is 0.116. The van der Waals surface area contributed by atoms with E-state index >= 15 is 0 Å². The maximum atomic E-state index is 14.7. The second kappa shape index (κ2) is 17.4. The highest BCUT2D eigenvalue weighted by Gasteiger charge is 2.35. The average molecular weight is 745 g/mol. The van der Waals surface area contributed by atoms with Gasteiger partial charge in [-0.2, -0.15) is 0 Å². The fourth-order valence-corrected chi connectivity index (χ4v) is 7.29. The zero-order valence-corrected chi connectivity index (χ0v) is 30.6. The third kappa shape index (κ3) is 9.91. The minimum absolute atomic E-state index is 0.00468. The summed E-state index contributed by atoms with van der Waals surface area (Å²) in [5.74, 6) is 0.125. The number of ether oxygens (including phenoxy) is 1. The highest BCUT2D eigenvalue weighted by atomic mass is 35.5. The van der Waals surface area contributed by atoms with E-state index < -0.39 is 28.5 Å². The van der Waals surface area contributed by atoms with Gasteiger partial charge in [0.15, 0.2) is 0 Å². The van der Waals surface area contributed by atoms with E-state index in [1.165, 1.54) is 17.0 Å². The van der Waals surface area contributed by atoms with Gasteiger partial charge in [-0.3, -0.25) is 13.9 Å². The number of halogens is 2. The van der Waals surface area contributed by atoms with Crippen LogP contribution in [0.25, 0.3) is 0 Å². The number of carbonyl (C=O) groups is 2. The van der Waals surface area contributed by atoms with Crippen LogP contribution in [-0.2, 0) is 32.6 Å². The molecule has 5 rings (SSSR count). The second-order valence-corrected chi connectivity index (χ2v) is 14.7. The van der Waals surface area contributed by atoms with Gasteiger partial charge < -0.3 is 15.0 Å². The monoisotopic (exact) mass is 743 g/mol. The molecule has 5 aromatic rings. The highest BCUT2D eigenvalue weighted by Crippen LogP contribution is 2.30. The highest BCUT2D eigenvalue weighted by molar-refractivity contribution is 7.92. The van der Waals surface area contributed by atoms with Crippen LogP contribution < -0.4 is 14.4 Å². The number of hydrogen-bond acceptors (Lipinski definition) is 5. The van der Waals surface area contributed by atoms with E-state index in [1.54, 1.807) is 60.7 Å². The first-order valence-corrected chi connectivity index (χ1v) is 18.7. The van der Waals surface area contributed by atoms with Crippen LogP contribution in [0.1, 0.15) is 31.4 Å². The molecule has 8 nitrogen and oxygen atoms in total. The second-order valence-electron chi connectivity index (χ2n) is 12.0. The summed E-state index contributed by atoms with van der Waals surface area (Å²) >= 11 is 12.8. The Morgan fingerprint density at radius 3 is 1.98 bits per heavy atom. The van der Waals surface area contributed by atoms with Crippen LogP contribution in [0.3, 0.4) is 0 Å². The van der Waals surface area contributed by atoms with Crippen molar-refractivity contribution in [3.8, 4) is 11.5 Å². The van der Waals surface area contributed by atoms with Gasteiger partial charge in [0.1, 0.15) is 24.1 Å². The first kappa shape index (κ1) is 37.4. The van der Waals surface area contributed by atoms with Gasteiger partial charge in [-0.05, 0) is 85.1 Å². The molecule has 5 aromatic carbocycles. The first-order valence-electron chi connectivity index (χ1n) is 16.5. The van der Waals surface area contributed by atoms with E-state index in [2.05, 4.69) is 5.32 Å². The molecule has 0 heterocycles. The molecular formula is C40H39Cl2N3O5S. The number of benzene rings is 5. The molecule has 1 N–H and O–H groups in total. The van der Waals surface area contributed by atoms with Crippen molar-refractivity contribution in [3.63, 3.8) is 0 Å². The topological polar surface area (TPSA) is 96.0 Å². The summed E-state index contributed by atoms with van der Waals surface area (Å²) in [6.07, 6.45) is 0.852. The molecule has 11 heteroatoms. The number of nitrogens with one attached hydrogen (secondary N) is 1. The lowest BCUT2D eigenvalue weighted by atomic mass is 10.0. The van der Waals surface area contributed by atoms with Crippen molar-refractivity contribution in [2.75, 3.05) is 10.8 Å². The molecule has 2 atom stereocenters. The Kier molecular flexibility index (Phi) is 12.8. The summed E-state index contributed by atoms with van der Waals surface area (Å²) in [5.41, 5.74) is 1.61. The first-order chi connectivity index (χ1) is 24.5. The summed E-state index contributed by atoms with van der Waals surface area (Å²) < 4.78 is 35.6. The van der Waals surface area contributed by atoms with Crippen LogP contribution in [0.2, 0.25) is 10.0 Å². The third-order valence-electron chi connectivity index (χ3n) is 8.34. The molecule has 2 amide bonds.